The minimum atomic E-state index is -1.18. The van der Waals surface area contributed by atoms with Gasteiger partial charge in [0.15, 0.2) is 12.4 Å². The Morgan fingerprint density at radius 1 is 1.67 bits per heavy atom. The molecule has 0 spiro atoms. The van der Waals surface area contributed by atoms with Crippen molar-refractivity contribution < 1.29 is 14.6 Å². The molecule has 7 heteroatoms. The Kier molecular flexibility index (Phi) is 2.93. The SMILES string of the molecule is Cc1nc(N)c(OCC(=O)O)c(=O)n1C. The highest BCUT2D eigenvalue weighted by Crippen LogP contribution is 2.12. The average Bonchev–Trinajstić information content (AvgIpc) is 2.14. The maximum atomic E-state index is 11.5. The van der Waals surface area contributed by atoms with Crippen LogP contribution in [0.1, 0.15) is 5.82 Å². The standard InChI is InChI=1S/C8H11N3O4/c1-4-10-7(9)6(8(14)11(4)2)15-3-5(12)13/h3,9H2,1-2H3,(H,12,13). The summed E-state index contributed by atoms with van der Waals surface area (Å²) in [5, 5.41) is 8.39. The Hall–Kier alpha value is -2.05. The number of carboxylic acid groups (broad SMARTS) is 1. The number of hydrogen-bond donors (Lipinski definition) is 2. The smallest absolute Gasteiger partial charge is 0.341 e. The van der Waals surface area contributed by atoms with Crippen LogP contribution in [0.15, 0.2) is 4.79 Å². The maximum absolute atomic E-state index is 11.5. The van der Waals surface area contributed by atoms with Crippen LogP contribution in [0.25, 0.3) is 0 Å². The van der Waals surface area contributed by atoms with Crippen molar-refractivity contribution in [1.82, 2.24) is 9.55 Å². The van der Waals surface area contributed by atoms with Gasteiger partial charge in [-0.05, 0) is 6.92 Å². The van der Waals surface area contributed by atoms with Crippen LogP contribution in [0, 0.1) is 6.92 Å². The first-order valence-electron chi connectivity index (χ1n) is 4.11. The summed E-state index contributed by atoms with van der Waals surface area (Å²) in [6.07, 6.45) is 0. The highest BCUT2D eigenvalue weighted by atomic mass is 16.5. The Morgan fingerprint density at radius 2 is 2.27 bits per heavy atom. The van der Waals surface area contributed by atoms with Gasteiger partial charge in [-0.2, -0.15) is 0 Å². The lowest BCUT2D eigenvalue weighted by molar-refractivity contribution is -0.139. The van der Waals surface area contributed by atoms with Crippen molar-refractivity contribution in [1.29, 1.82) is 0 Å². The molecule has 0 radical (unpaired) electrons. The van der Waals surface area contributed by atoms with Gasteiger partial charge in [-0.3, -0.25) is 9.36 Å². The summed E-state index contributed by atoms with van der Waals surface area (Å²) in [4.78, 5) is 25.6. The van der Waals surface area contributed by atoms with Crippen LogP contribution in [0.4, 0.5) is 5.82 Å². The first-order chi connectivity index (χ1) is 6.93. The monoisotopic (exact) mass is 213 g/mol. The zero-order valence-corrected chi connectivity index (χ0v) is 8.35. The maximum Gasteiger partial charge on any atom is 0.341 e. The largest absolute Gasteiger partial charge is 0.479 e. The van der Waals surface area contributed by atoms with Gasteiger partial charge >= 0.3 is 5.97 Å². The number of carbonyl (C=O) groups is 1. The third-order valence-electron chi connectivity index (χ3n) is 1.84. The molecular formula is C8H11N3O4. The van der Waals surface area contributed by atoms with E-state index in [4.69, 9.17) is 15.6 Å². The molecule has 0 bridgehead atoms. The number of ether oxygens (including phenoxy) is 1. The van der Waals surface area contributed by atoms with Crippen LogP contribution in [0.5, 0.6) is 5.75 Å². The van der Waals surface area contributed by atoms with Gasteiger partial charge in [-0.25, -0.2) is 9.78 Å². The van der Waals surface area contributed by atoms with Crippen LogP contribution in [-0.4, -0.2) is 27.2 Å². The van der Waals surface area contributed by atoms with E-state index in [1.165, 1.54) is 11.6 Å². The normalized spacial score (nSPS) is 10.0. The highest BCUT2D eigenvalue weighted by molar-refractivity contribution is 5.68. The minimum Gasteiger partial charge on any atom is -0.479 e. The molecule has 0 saturated heterocycles. The summed E-state index contributed by atoms with van der Waals surface area (Å²) in [5.74, 6) is -1.08. The van der Waals surface area contributed by atoms with Gasteiger partial charge < -0.3 is 15.6 Å². The second kappa shape index (κ2) is 3.99. The predicted molar refractivity (Wildman–Crippen MR) is 51.8 cm³/mol. The van der Waals surface area contributed by atoms with Crippen LogP contribution >= 0.6 is 0 Å². The molecule has 0 saturated carbocycles. The number of nitrogens with two attached hydrogens (primary N) is 1. The molecule has 1 heterocycles. The van der Waals surface area contributed by atoms with Gasteiger partial charge in [0.1, 0.15) is 5.82 Å². The van der Waals surface area contributed by atoms with Gasteiger partial charge in [-0.15, -0.1) is 0 Å². The quantitative estimate of drug-likeness (QED) is 0.676. The van der Waals surface area contributed by atoms with E-state index < -0.39 is 18.1 Å². The predicted octanol–water partition coefficient (Wildman–Crippen LogP) is -0.866. The number of nitrogens with zero attached hydrogens (tertiary/aromatic N) is 2. The van der Waals surface area contributed by atoms with Crippen molar-refractivity contribution in [2.45, 2.75) is 6.92 Å². The molecule has 0 aliphatic heterocycles. The summed E-state index contributed by atoms with van der Waals surface area (Å²) in [6.45, 7) is 0.989. The zero-order valence-electron chi connectivity index (χ0n) is 8.35. The lowest BCUT2D eigenvalue weighted by Gasteiger charge is -2.08. The van der Waals surface area contributed by atoms with Crippen molar-refractivity contribution in [3.63, 3.8) is 0 Å². The second-order valence-corrected chi connectivity index (χ2v) is 2.92. The van der Waals surface area contributed by atoms with Crippen molar-refractivity contribution >= 4 is 11.8 Å². The first-order valence-corrected chi connectivity index (χ1v) is 4.11. The molecule has 0 aromatic carbocycles. The number of carboxylic acids is 1. The molecule has 0 fully saturated rings. The van der Waals surface area contributed by atoms with Gasteiger partial charge in [0.2, 0.25) is 5.75 Å². The summed E-state index contributed by atoms with van der Waals surface area (Å²) in [7, 11) is 1.50. The van der Waals surface area contributed by atoms with Crippen molar-refractivity contribution in [2.24, 2.45) is 7.05 Å². The molecule has 0 aliphatic rings. The number of anilines is 1. The molecule has 3 N–H and O–H groups in total. The van der Waals surface area contributed by atoms with E-state index >= 15 is 0 Å². The lowest BCUT2D eigenvalue weighted by atomic mass is 10.4. The van der Waals surface area contributed by atoms with Crippen LogP contribution in [-0.2, 0) is 11.8 Å². The first kappa shape index (κ1) is 11.0. The summed E-state index contributed by atoms with van der Waals surface area (Å²) in [6, 6.07) is 0. The minimum absolute atomic E-state index is 0.100. The third-order valence-corrected chi connectivity index (χ3v) is 1.84. The number of rotatable bonds is 3. The topological polar surface area (TPSA) is 107 Å². The van der Waals surface area contributed by atoms with E-state index in [1.807, 2.05) is 0 Å². The summed E-state index contributed by atoms with van der Waals surface area (Å²) in [5.41, 5.74) is 4.94. The van der Waals surface area contributed by atoms with Gasteiger partial charge in [0.05, 0.1) is 0 Å². The Morgan fingerprint density at radius 3 is 2.80 bits per heavy atom. The Balaban J connectivity index is 3.13. The van der Waals surface area contributed by atoms with Gasteiger partial charge in [0.25, 0.3) is 5.56 Å². The molecule has 0 aliphatic carbocycles. The third kappa shape index (κ3) is 2.25. The van der Waals surface area contributed by atoms with Crippen LogP contribution < -0.4 is 16.0 Å². The average molecular weight is 213 g/mol. The van der Waals surface area contributed by atoms with Crippen molar-refractivity contribution in [3.8, 4) is 5.75 Å². The van der Waals surface area contributed by atoms with E-state index in [0.29, 0.717) is 5.82 Å². The molecule has 1 aromatic rings. The molecule has 1 aromatic heterocycles. The van der Waals surface area contributed by atoms with Gasteiger partial charge in [-0.1, -0.05) is 0 Å². The summed E-state index contributed by atoms with van der Waals surface area (Å²) >= 11 is 0. The molecule has 0 amide bonds. The molecule has 1 rings (SSSR count). The van der Waals surface area contributed by atoms with E-state index in [9.17, 15) is 9.59 Å². The number of aromatic nitrogens is 2. The molecule has 0 atom stereocenters. The number of hydrogen-bond acceptors (Lipinski definition) is 5. The highest BCUT2D eigenvalue weighted by Gasteiger charge is 2.12. The molecular weight excluding hydrogens is 202 g/mol. The van der Waals surface area contributed by atoms with E-state index in [1.54, 1.807) is 6.92 Å². The fraction of sp³-hybridized carbons (Fsp3) is 0.375. The van der Waals surface area contributed by atoms with Crippen LogP contribution in [0.3, 0.4) is 0 Å². The van der Waals surface area contributed by atoms with E-state index in [-0.39, 0.29) is 11.6 Å². The Labute approximate surface area is 85.1 Å². The Bertz CT molecular complexity index is 452. The second-order valence-electron chi connectivity index (χ2n) is 2.92. The number of aliphatic carboxylic acids is 1. The van der Waals surface area contributed by atoms with E-state index in [0.717, 1.165) is 0 Å². The van der Waals surface area contributed by atoms with Crippen molar-refractivity contribution in [3.05, 3.63) is 16.2 Å². The lowest BCUT2D eigenvalue weighted by Crippen LogP contribution is -2.25. The van der Waals surface area contributed by atoms with Gasteiger partial charge in [0, 0.05) is 7.05 Å². The molecule has 0 unspecified atom stereocenters. The molecule has 7 nitrogen and oxygen atoms in total. The zero-order chi connectivity index (χ0) is 11.6. The van der Waals surface area contributed by atoms with Crippen molar-refractivity contribution in [2.75, 3.05) is 12.3 Å². The fourth-order valence-electron chi connectivity index (χ4n) is 0.979. The summed E-state index contributed by atoms with van der Waals surface area (Å²) < 4.78 is 5.97. The number of nitrogen functional groups attached to an aromatic ring is 1. The van der Waals surface area contributed by atoms with E-state index in [2.05, 4.69) is 4.98 Å². The number of aryl methyl sites for hydroxylation is 1. The van der Waals surface area contributed by atoms with Crippen LogP contribution in [0.2, 0.25) is 0 Å². The molecule has 82 valence electrons. The fourth-order valence-corrected chi connectivity index (χ4v) is 0.979. The molecule has 15 heavy (non-hydrogen) atoms.